The molecule has 1 heteroatoms. The van der Waals surface area contributed by atoms with Crippen molar-refractivity contribution in [3.8, 4) is 0 Å². The molecule has 0 aliphatic heterocycles. The Hall–Kier alpha value is -0.417. The fourth-order valence-corrected chi connectivity index (χ4v) is 0.680. The van der Waals surface area contributed by atoms with Crippen molar-refractivity contribution in [3.63, 3.8) is 0 Å². The molecule has 0 N–H and O–H groups in total. The van der Waals surface area contributed by atoms with E-state index in [0.29, 0.717) is 0 Å². The van der Waals surface area contributed by atoms with Gasteiger partial charge in [-0.25, -0.2) is 24.3 Å². The molecule has 0 aromatic rings. The summed E-state index contributed by atoms with van der Waals surface area (Å²) in [6, 6.07) is 0. The van der Waals surface area contributed by atoms with Crippen LogP contribution in [0.5, 0.6) is 0 Å². The molecule has 0 heterocycles. The molecule has 0 unspecified atom stereocenters. The third kappa shape index (κ3) is 6.00. The molecule has 0 atom stereocenters. The monoisotopic (exact) mass is 232 g/mol. The Morgan fingerprint density at radius 3 is 1.36 bits per heavy atom. The zero-order valence-corrected chi connectivity index (χ0v) is 7.97. The molecule has 0 radical (unpaired) electrons. The van der Waals surface area contributed by atoms with E-state index in [1.54, 1.807) is 0 Å². The van der Waals surface area contributed by atoms with Crippen molar-refractivity contribution in [3.05, 3.63) is 48.6 Å². The first-order valence-electron chi connectivity index (χ1n) is 3.43. The third-order valence-corrected chi connectivity index (χ3v) is 1.17. The van der Waals surface area contributed by atoms with Crippen molar-refractivity contribution in [2.75, 3.05) is 0 Å². The Morgan fingerprint density at radius 1 is 0.818 bits per heavy atom. The SMILES string of the molecule is [C-]1=CC=CC1.[C-]1=CC=CC1.[Ru+2]. The summed E-state index contributed by atoms with van der Waals surface area (Å²) in [5, 5.41) is 0. The van der Waals surface area contributed by atoms with Crippen LogP contribution < -0.4 is 0 Å². The van der Waals surface area contributed by atoms with E-state index in [1.165, 1.54) is 0 Å². The van der Waals surface area contributed by atoms with Crippen LogP contribution >= 0.6 is 0 Å². The molecular formula is C10H10Ru. The zero-order chi connectivity index (χ0) is 7.07. The number of hydrogen-bond acceptors (Lipinski definition) is 0. The Kier molecular flexibility index (Phi) is 7.40. The van der Waals surface area contributed by atoms with Crippen molar-refractivity contribution in [1.29, 1.82) is 0 Å². The van der Waals surface area contributed by atoms with Gasteiger partial charge in [-0.1, -0.05) is 0 Å². The Bertz CT molecular complexity index is 143. The second kappa shape index (κ2) is 7.69. The van der Waals surface area contributed by atoms with E-state index in [0.717, 1.165) is 12.8 Å². The van der Waals surface area contributed by atoms with Gasteiger partial charge in [0, 0.05) is 0 Å². The van der Waals surface area contributed by atoms with Crippen LogP contribution in [0.4, 0.5) is 0 Å². The summed E-state index contributed by atoms with van der Waals surface area (Å²) in [4.78, 5) is 0. The molecular weight excluding hydrogens is 221 g/mol. The first kappa shape index (κ1) is 10.6. The molecule has 0 amide bonds. The van der Waals surface area contributed by atoms with Crippen molar-refractivity contribution < 1.29 is 19.5 Å². The van der Waals surface area contributed by atoms with Gasteiger partial charge in [0.2, 0.25) is 0 Å². The van der Waals surface area contributed by atoms with Gasteiger partial charge in [-0.2, -0.15) is 12.2 Å². The average molecular weight is 231 g/mol. The Balaban J connectivity index is 0.000000167. The van der Waals surface area contributed by atoms with Crippen molar-refractivity contribution >= 4 is 0 Å². The predicted octanol–water partition coefficient (Wildman–Crippen LogP) is 2.61. The minimum absolute atomic E-state index is 0. The van der Waals surface area contributed by atoms with Gasteiger partial charge in [0.25, 0.3) is 0 Å². The van der Waals surface area contributed by atoms with Crippen LogP contribution in [0, 0.1) is 12.2 Å². The maximum atomic E-state index is 2.99. The second-order valence-electron chi connectivity index (χ2n) is 2.01. The van der Waals surface area contributed by atoms with Gasteiger partial charge >= 0.3 is 19.5 Å². The Labute approximate surface area is 81.1 Å². The molecule has 2 rings (SSSR count). The fraction of sp³-hybridized carbons (Fsp3) is 0.200. The molecule has 2 aliphatic carbocycles. The third-order valence-electron chi connectivity index (χ3n) is 1.17. The average Bonchev–Trinajstić information content (AvgIpc) is 2.67. The molecule has 2 aliphatic rings. The smallest absolute Gasteiger partial charge is 0.273 e. The minimum Gasteiger partial charge on any atom is -0.273 e. The van der Waals surface area contributed by atoms with Gasteiger partial charge in [0.05, 0.1) is 0 Å². The summed E-state index contributed by atoms with van der Waals surface area (Å²) in [5.41, 5.74) is 0. The first-order valence-corrected chi connectivity index (χ1v) is 3.43. The predicted molar refractivity (Wildman–Crippen MR) is 43.1 cm³/mol. The van der Waals surface area contributed by atoms with E-state index in [2.05, 4.69) is 24.3 Å². The number of rotatable bonds is 0. The van der Waals surface area contributed by atoms with Crippen LogP contribution in [-0.4, -0.2) is 0 Å². The van der Waals surface area contributed by atoms with Crippen LogP contribution in [0.1, 0.15) is 12.8 Å². The van der Waals surface area contributed by atoms with E-state index in [-0.39, 0.29) is 19.5 Å². The summed E-state index contributed by atoms with van der Waals surface area (Å²) >= 11 is 0. The fourth-order valence-electron chi connectivity index (χ4n) is 0.680. The summed E-state index contributed by atoms with van der Waals surface area (Å²) in [5.74, 6) is 0. The van der Waals surface area contributed by atoms with Gasteiger partial charge in [0.1, 0.15) is 0 Å². The molecule has 0 fully saturated rings. The molecule has 0 saturated heterocycles. The van der Waals surface area contributed by atoms with Crippen LogP contribution in [0.25, 0.3) is 0 Å². The Morgan fingerprint density at radius 2 is 1.27 bits per heavy atom. The van der Waals surface area contributed by atoms with E-state index < -0.39 is 0 Å². The van der Waals surface area contributed by atoms with Crippen molar-refractivity contribution in [2.45, 2.75) is 12.8 Å². The van der Waals surface area contributed by atoms with E-state index in [9.17, 15) is 0 Å². The topological polar surface area (TPSA) is 0 Å². The number of hydrogen-bond donors (Lipinski definition) is 0. The van der Waals surface area contributed by atoms with E-state index in [4.69, 9.17) is 0 Å². The number of allylic oxidation sites excluding steroid dienone is 8. The van der Waals surface area contributed by atoms with Crippen LogP contribution in [-0.2, 0) is 19.5 Å². The van der Waals surface area contributed by atoms with E-state index in [1.807, 2.05) is 24.3 Å². The molecule has 11 heavy (non-hydrogen) atoms. The molecule has 58 valence electrons. The standard InChI is InChI=1S/2C5H5.Ru/c2*1-2-4-5-3-1;/h2*1-3H,4H2;/q2*-1;+2. The maximum absolute atomic E-state index is 2.99. The largest absolute Gasteiger partial charge is 2.00 e. The van der Waals surface area contributed by atoms with Crippen LogP contribution in [0.15, 0.2) is 36.5 Å². The first-order chi connectivity index (χ1) is 5.00. The van der Waals surface area contributed by atoms with Gasteiger partial charge in [-0.05, 0) is 0 Å². The molecule has 0 aromatic heterocycles. The van der Waals surface area contributed by atoms with Crippen molar-refractivity contribution in [2.24, 2.45) is 0 Å². The molecule has 0 bridgehead atoms. The minimum atomic E-state index is 0. The van der Waals surface area contributed by atoms with Crippen LogP contribution in [0.3, 0.4) is 0 Å². The molecule has 0 nitrogen and oxygen atoms in total. The summed E-state index contributed by atoms with van der Waals surface area (Å²) in [7, 11) is 0. The quantitative estimate of drug-likeness (QED) is 0.444. The molecule has 0 aromatic carbocycles. The normalized spacial score (nSPS) is 16.0. The summed E-state index contributed by atoms with van der Waals surface area (Å²) in [6.45, 7) is 0. The van der Waals surface area contributed by atoms with Gasteiger partial charge in [-0.15, -0.1) is 12.8 Å². The zero-order valence-electron chi connectivity index (χ0n) is 6.23. The summed E-state index contributed by atoms with van der Waals surface area (Å²) < 4.78 is 0. The van der Waals surface area contributed by atoms with Crippen molar-refractivity contribution in [1.82, 2.24) is 0 Å². The van der Waals surface area contributed by atoms with Gasteiger partial charge in [0.15, 0.2) is 0 Å². The van der Waals surface area contributed by atoms with Crippen LogP contribution in [0.2, 0.25) is 0 Å². The van der Waals surface area contributed by atoms with Gasteiger partial charge < -0.3 is 0 Å². The second-order valence-corrected chi connectivity index (χ2v) is 2.01. The molecule has 0 spiro atoms. The maximum Gasteiger partial charge on any atom is 2.00 e. The van der Waals surface area contributed by atoms with E-state index >= 15 is 0 Å². The summed E-state index contributed by atoms with van der Waals surface area (Å²) in [6.07, 6.45) is 20.0. The van der Waals surface area contributed by atoms with Gasteiger partial charge in [-0.3, -0.25) is 12.2 Å². The molecule has 0 saturated carbocycles.